The second-order valence-corrected chi connectivity index (χ2v) is 27.3. The Balaban J connectivity index is 0.932. The standard InChI is InChI=1S/C56H48N4Si2/c1-57-47-29-27-40-39(55(47)41-25-23-37(35-49(41)57)59-43-15-3-7-19-51(43)61(31-11-12-32-61)52-20-8-4-16-44(52)59)28-30-48-56(40)42-26-24-38(36-50(42)58(48)2)60-45-17-5-9-21-53(45)62(33-13-14-34-62)54-22-10-6-18-46(54)60/h3-10,15-30,35-36H,11-14,31-34H2,1-2H3. The Hall–Kier alpha value is -6.35. The molecular weight excluding hydrogens is 785 g/mol. The first-order chi connectivity index (χ1) is 30.6. The highest BCUT2D eigenvalue weighted by atomic mass is 28.3. The second kappa shape index (κ2) is 12.6. The molecule has 300 valence electrons. The molecule has 0 saturated carbocycles. The Morgan fingerprint density at radius 2 is 0.661 bits per heavy atom. The minimum Gasteiger partial charge on any atom is -0.344 e. The average Bonchev–Trinajstić information content (AvgIpc) is 4.13. The van der Waals surface area contributed by atoms with Gasteiger partial charge in [0.1, 0.15) is 16.1 Å². The first kappa shape index (κ1) is 35.3. The van der Waals surface area contributed by atoms with E-state index < -0.39 is 16.1 Å². The van der Waals surface area contributed by atoms with Crippen molar-refractivity contribution < 1.29 is 0 Å². The van der Waals surface area contributed by atoms with Crippen LogP contribution in [0.2, 0.25) is 24.2 Å². The number of nitrogens with zero attached hydrogens (tertiary/aromatic N) is 4. The number of rotatable bonds is 2. The van der Waals surface area contributed by atoms with E-state index in [2.05, 4.69) is 191 Å². The minimum absolute atomic E-state index is 1.24. The molecule has 0 unspecified atom stereocenters. The maximum absolute atomic E-state index is 2.57. The van der Waals surface area contributed by atoms with Crippen LogP contribution in [0, 0.1) is 0 Å². The quantitative estimate of drug-likeness (QED) is 0.161. The van der Waals surface area contributed by atoms with Crippen LogP contribution >= 0.6 is 0 Å². The van der Waals surface area contributed by atoms with Gasteiger partial charge in [0, 0.05) is 80.8 Å². The van der Waals surface area contributed by atoms with Crippen molar-refractivity contribution in [3.05, 3.63) is 158 Å². The first-order valence-electron chi connectivity index (χ1n) is 22.9. The van der Waals surface area contributed by atoms with Crippen molar-refractivity contribution in [2.75, 3.05) is 9.80 Å². The Labute approximate surface area is 364 Å². The maximum Gasteiger partial charge on any atom is 0.123 e. The zero-order valence-corrected chi connectivity index (χ0v) is 37.5. The van der Waals surface area contributed by atoms with E-state index >= 15 is 0 Å². The van der Waals surface area contributed by atoms with E-state index in [4.69, 9.17) is 0 Å². The molecule has 0 atom stereocenters. The number of benzene rings is 8. The summed E-state index contributed by atoms with van der Waals surface area (Å²) in [7, 11) is 0.921. The SMILES string of the molecule is Cn1c2cc(N3c4ccccc4[Si]4(CCCC4)c4ccccc43)ccc2c2c3ccc4c(c3ccc21)c1ccc(N2c3ccccc3[Si]3(CCCC3)c3ccccc32)cc1n4C. The van der Waals surface area contributed by atoms with Gasteiger partial charge in [-0.05, 0) is 116 Å². The number of para-hydroxylation sites is 4. The minimum atomic E-state index is -1.79. The summed E-state index contributed by atoms with van der Waals surface area (Å²) >= 11 is 0. The van der Waals surface area contributed by atoms with Crippen LogP contribution in [-0.4, -0.2) is 25.3 Å². The van der Waals surface area contributed by atoms with Crippen molar-refractivity contribution in [2.24, 2.45) is 14.1 Å². The number of hydrogen-bond acceptors (Lipinski definition) is 2. The summed E-state index contributed by atoms with van der Waals surface area (Å²) in [6, 6.07) is 66.9. The number of anilines is 6. The van der Waals surface area contributed by atoms with E-state index in [9.17, 15) is 0 Å². The Bertz CT molecular complexity index is 3210. The average molecular weight is 833 g/mol. The third kappa shape index (κ3) is 4.41. The van der Waals surface area contributed by atoms with Gasteiger partial charge in [-0.3, -0.25) is 0 Å². The molecule has 14 rings (SSSR count). The Kier molecular flexibility index (Phi) is 7.18. The molecule has 62 heavy (non-hydrogen) atoms. The fourth-order valence-corrected chi connectivity index (χ4v) is 24.5. The lowest BCUT2D eigenvalue weighted by Crippen LogP contribution is -2.60. The van der Waals surface area contributed by atoms with E-state index in [1.165, 1.54) is 138 Å². The normalized spacial score (nSPS) is 17.2. The van der Waals surface area contributed by atoms with Crippen LogP contribution in [0.15, 0.2) is 158 Å². The molecule has 0 aliphatic carbocycles. The summed E-state index contributed by atoms with van der Waals surface area (Å²) in [4.78, 5) is 5.14. The summed E-state index contributed by atoms with van der Waals surface area (Å²) in [5, 5.41) is 14.4. The fraction of sp³-hybridized carbons (Fsp3) is 0.179. The number of hydrogen-bond donors (Lipinski definition) is 0. The third-order valence-corrected chi connectivity index (χ3v) is 26.8. The summed E-state index contributed by atoms with van der Waals surface area (Å²) in [6.45, 7) is 0. The summed E-state index contributed by atoms with van der Waals surface area (Å²) in [5.74, 6) is 0. The van der Waals surface area contributed by atoms with Crippen LogP contribution in [0.25, 0.3) is 54.4 Å². The lowest BCUT2D eigenvalue weighted by molar-refractivity contribution is 0.935. The van der Waals surface area contributed by atoms with Gasteiger partial charge >= 0.3 is 0 Å². The van der Waals surface area contributed by atoms with Crippen LogP contribution in [0.5, 0.6) is 0 Å². The highest BCUT2D eigenvalue weighted by Gasteiger charge is 2.48. The summed E-state index contributed by atoms with van der Waals surface area (Å²) in [6.07, 6.45) is 5.39. The highest BCUT2D eigenvalue weighted by molar-refractivity contribution is 7.05. The monoisotopic (exact) mass is 832 g/mol. The van der Waals surface area contributed by atoms with Gasteiger partial charge in [-0.1, -0.05) is 123 Å². The van der Waals surface area contributed by atoms with Crippen LogP contribution in [0.1, 0.15) is 25.7 Å². The largest absolute Gasteiger partial charge is 0.344 e. The van der Waals surface area contributed by atoms with Gasteiger partial charge in [0.2, 0.25) is 0 Å². The molecule has 2 saturated heterocycles. The molecule has 8 aromatic carbocycles. The lowest BCUT2D eigenvalue weighted by Gasteiger charge is -2.42. The number of fused-ring (bicyclic) bond motifs is 17. The Morgan fingerprint density at radius 3 is 1.02 bits per heavy atom. The van der Waals surface area contributed by atoms with Gasteiger partial charge in [-0.2, -0.15) is 0 Å². The van der Waals surface area contributed by atoms with Gasteiger partial charge in [-0.15, -0.1) is 0 Å². The van der Waals surface area contributed by atoms with E-state index in [-0.39, 0.29) is 0 Å². The third-order valence-electron chi connectivity index (χ3n) is 16.2. The van der Waals surface area contributed by atoms with Crippen molar-refractivity contribution >= 4 is 125 Å². The van der Waals surface area contributed by atoms with Gasteiger partial charge in [0.15, 0.2) is 0 Å². The lowest BCUT2D eigenvalue weighted by atomic mass is 9.99. The predicted octanol–water partition coefficient (Wildman–Crippen LogP) is 12.4. The summed E-state index contributed by atoms with van der Waals surface area (Å²) in [5.41, 5.74) is 13.1. The van der Waals surface area contributed by atoms with Crippen molar-refractivity contribution in [2.45, 2.75) is 49.9 Å². The molecule has 4 aliphatic heterocycles. The smallest absolute Gasteiger partial charge is 0.123 e. The topological polar surface area (TPSA) is 16.3 Å². The van der Waals surface area contributed by atoms with Crippen molar-refractivity contribution in [1.82, 2.24) is 9.13 Å². The number of aromatic nitrogens is 2. The van der Waals surface area contributed by atoms with Crippen LogP contribution in [-0.2, 0) is 14.1 Å². The predicted molar refractivity (Wildman–Crippen MR) is 269 cm³/mol. The van der Waals surface area contributed by atoms with Crippen LogP contribution < -0.4 is 30.5 Å². The molecular formula is C56H48N4Si2. The molecule has 10 aromatic rings. The molecule has 6 heteroatoms. The molecule has 0 bridgehead atoms. The van der Waals surface area contributed by atoms with Gasteiger partial charge in [0.25, 0.3) is 0 Å². The van der Waals surface area contributed by atoms with E-state index in [1.807, 2.05) is 0 Å². The maximum atomic E-state index is 2.57. The molecule has 2 aromatic heterocycles. The molecule has 4 nitrogen and oxygen atoms in total. The molecule has 0 N–H and O–H groups in total. The zero-order chi connectivity index (χ0) is 40.9. The van der Waals surface area contributed by atoms with Gasteiger partial charge < -0.3 is 18.9 Å². The molecule has 4 aliphatic rings. The van der Waals surface area contributed by atoms with Crippen LogP contribution in [0.4, 0.5) is 34.1 Å². The molecule has 6 heterocycles. The molecule has 0 amide bonds. The van der Waals surface area contributed by atoms with Gasteiger partial charge in [0.05, 0.1) is 11.0 Å². The van der Waals surface area contributed by atoms with E-state index in [0.29, 0.717) is 0 Å². The van der Waals surface area contributed by atoms with E-state index in [0.717, 1.165) is 0 Å². The molecule has 0 radical (unpaired) electrons. The zero-order valence-electron chi connectivity index (χ0n) is 35.5. The number of aryl methyl sites for hydroxylation is 2. The first-order valence-corrected chi connectivity index (χ1v) is 27.7. The Morgan fingerprint density at radius 1 is 0.339 bits per heavy atom. The van der Waals surface area contributed by atoms with Crippen molar-refractivity contribution in [3.8, 4) is 0 Å². The van der Waals surface area contributed by atoms with Crippen molar-refractivity contribution in [3.63, 3.8) is 0 Å². The fourth-order valence-electron chi connectivity index (χ4n) is 13.5. The van der Waals surface area contributed by atoms with Crippen LogP contribution in [0.3, 0.4) is 0 Å². The van der Waals surface area contributed by atoms with E-state index in [1.54, 1.807) is 20.7 Å². The van der Waals surface area contributed by atoms with Crippen molar-refractivity contribution in [1.29, 1.82) is 0 Å². The molecule has 2 spiro atoms. The highest BCUT2D eigenvalue weighted by Crippen LogP contribution is 2.48. The molecule has 2 fully saturated rings. The second-order valence-electron chi connectivity index (χ2n) is 18.9. The van der Waals surface area contributed by atoms with Gasteiger partial charge in [-0.25, -0.2) is 0 Å². The summed E-state index contributed by atoms with van der Waals surface area (Å²) < 4.78 is 4.85.